The fourth-order valence-corrected chi connectivity index (χ4v) is 1.93. The molecule has 0 unspecified atom stereocenters. The van der Waals surface area contributed by atoms with Crippen molar-refractivity contribution >= 4 is 22.8 Å². The Kier molecular flexibility index (Phi) is 4.84. The highest BCUT2D eigenvalue weighted by Crippen LogP contribution is 2.05. The lowest BCUT2D eigenvalue weighted by molar-refractivity contribution is -0.137. The number of aromatic nitrogens is 2. The second kappa shape index (κ2) is 6.81. The van der Waals surface area contributed by atoms with Gasteiger partial charge in [0, 0.05) is 6.42 Å². The molecule has 1 aromatic heterocycles. The summed E-state index contributed by atoms with van der Waals surface area (Å²) in [5.41, 5.74) is 5.83. The van der Waals surface area contributed by atoms with Gasteiger partial charge in [-0.2, -0.15) is 0 Å². The lowest BCUT2D eigenvalue weighted by atomic mass is 10.1. The lowest BCUT2D eigenvalue weighted by Gasteiger charge is -2.11. The summed E-state index contributed by atoms with van der Waals surface area (Å²) in [6, 6.07) is 5.95. The normalized spacial score (nSPS) is 12.0. The highest BCUT2D eigenvalue weighted by Gasteiger charge is 2.15. The van der Waals surface area contributed by atoms with Gasteiger partial charge >= 0.3 is 5.97 Å². The van der Waals surface area contributed by atoms with Gasteiger partial charge in [-0.3, -0.25) is 14.4 Å². The third-order valence-corrected chi connectivity index (χ3v) is 3.10. The first-order chi connectivity index (χ1) is 10.5. The van der Waals surface area contributed by atoms with Crippen LogP contribution in [0.4, 0.5) is 0 Å². The Balaban J connectivity index is 2.01. The van der Waals surface area contributed by atoms with Crippen molar-refractivity contribution in [3.8, 4) is 0 Å². The van der Waals surface area contributed by atoms with E-state index in [9.17, 15) is 14.4 Å². The number of aliphatic carboxylic acids is 1. The Morgan fingerprint density at radius 2 is 2.09 bits per heavy atom. The van der Waals surface area contributed by atoms with Crippen LogP contribution in [0.2, 0.25) is 0 Å². The van der Waals surface area contributed by atoms with E-state index in [1.807, 2.05) is 0 Å². The molecule has 5 N–H and O–H groups in total. The predicted molar refractivity (Wildman–Crippen MR) is 79.1 cm³/mol. The Labute approximate surface area is 125 Å². The van der Waals surface area contributed by atoms with Crippen LogP contribution in [0.1, 0.15) is 18.7 Å². The maximum atomic E-state index is 11.9. The van der Waals surface area contributed by atoms with E-state index >= 15 is 0 Å². The van der Waals surface area contributed by atoms with Gasteiger partial charge in [0.05, 0.1) is 23.5 Å². The van der Waals surface area contributed by atoms with Crippen LogP contribution in [-0.4, -0.2) is 33.0 Å². The zero-order valence-electron chi connectivity index (χ0n) is 11.7. The monoisotopic (exact) mass is 304 g/mol. The number of benzene rings is 1. The molecule has 0 saturated carbocycles. The summed E-state index contributed by atoms with van der Waals surface area (Å²) >= 11 is 0. The highest BCUT2D eigenvalue weighted by molar-refractivity contribution is 5.82. The smallest absolute Gasteiger partial charge is 0.303 e. The maximum absolute atomic E-state index is 11.9. The Hall–Kier alpha value is -2.74. The summed E-state index contributed by atoms with van der Waals surface area (Å²) in [5.74, 6) is -1.19. The number of carboxylic acids is 1. The number of fused-ring (bicyclic) bond motifs is 1. The zero-order chi connectivity index (χ0) is 16.1. The van der Waals surface area contributed by atoms with Crippen LogP contribution in [0.25, 0.3) is 10.9 Å². The van der Waals surface area contributed by atoms with E-state index in [4.69, 9.17) is 10.8 Å². The van der Waals surface area contributed by atoms with E-state index in [1.54, 1.807) is 24.3 Å². The van der Waals surface area contributed by atoms with Crippen molar-refractivity contribution in [1.82, 2.24) is 15.3 Å². The number of hydrogen-bond donors (Lipinski definition) is 4. The van der Waals surface area contributed by atoms with Gasteiger partial charge in [-0.05, 0) is 18.6 Å². The largest absolute Gasteiger partial charge is 0.481 e. The number of rotatable bonds is 6. The molecule has 1 atom stereocenters. The van der Waals surface area contributed by atoms with Gasteiger partial charge in [0.1, 0.15) is 5.82 Å². The van der Waals surface area contributed by atoms with Crippen molar-refractivity contribution in [1.29, 1.82) is 0 Å². The van der Waals surface area contributed by atoms with Gasteiger partial charge in [-0.25, -0.2) is 4.98 Å². The van der Waals surface area contributed by atoms with Crippen LogP contribution in [0.5, 0.6) is 0 Å². The molecule has 116 valence electrons. The van der Waals surface area contributed by atoms with Gasteiger partial charge < -0.3 is 21.1 Å². The summed E-state index contributed by atoms with van der Waals surface area (Å²) in [6.45, 7) is 0.0136. The predicted octanol–water partition coefficient (Wildman–Crippen LogP) is -0.269. The number of H-pyrrole nitrogens is 1. The van der Waals surface area contributed by atoms with Crippen molar-refractivity contribution < 1.29 is 14.7 Å². The van der Waals surface area contributed by atoms with Crippen LogP contribution in [-0.2, 0) is 16.1 Å². The van der Waals surface area contributed by atoms with E-state index in [1.165, 1.54) is 0 Å². The maximum Gasteiger partial charge on any atom is 0.303 e. The Morgan fingerprint density at radius 3 is 2.82 bits per heavy atom. The molecule has 1 heterocycles. The van der Waals surface area contributed by atoms with Crippen LogP contribution < -0.4 is 16.6 Å². The van der Waals surface area contributed by atoms with Gasteiger partial charge in [-0.15, -0.1) is 0 Å². The number of carbonyl (C=O) groups is 2. The minimum atomic E-state index is -1.01. The van der Waals surface area contributed by atoms with E-state index in [0.29, 0.717) is 16.7 Å². The van der Waals surface area contributed by atoms with Crippen LogP contribution >= 0.6 is 0 Å². The molecular weight excluding hydrogens is 288 g/mol. The summed E-state index contributed by atoms with van der Waals surface area (Å²) in [7, 11) is 0. The highest BCUT2D eigenvalue weighted by atomic mass is 16.4. The number of aromatic amines is 1. The summed E-state index contributed by atoms with van der Waals surface area (Å²) in [4.78, 5) is 40.8. The summed E-state index contributed by atoms with van der Waals surface area (Å²) in [5, 5.41) is 11.5. The standard InChI is InChI=1S/C14H16N4O4/c15-9(5-6-12(19)20)14(22)16-7-11-17-10-4-2-1-3-8(10)13(21)18-11/h1-4,9H,5-7,15H2,(H,16,22)(H,19,20)(H,17,18,21)/t9-/m0/s1. The zero-order valence-corrected chi connectivity index (χ0v) is 11.7. The molecule has 0 aliphatic rings. The molecule has 22 heavy (non-hydrogen) atoms. The van der Waals surface area contributed by atoms with Crippen molar-refractivity contribution in [3.05, 3.63) is 40.4 Å². The van der Waals surface area contributed by atoms with Crippen molar-refractivity contribution in [2.24, 2.45) is 5.73 Å². The second-order valence-electron chi connectivity index (χ2n) is 4.79. The minimum Gasteiger partial charge on any atom is -0.481 e. The van der Waals surface area contributed by atoms with E-state index in [2.05, 4.69) is 15.3 Å². The lowest BCUT2D eigenvalue weighted by Crippen LogP contribution is -2.40. The van der Waals surface area contributed by atoms with Gasteiger partial charge in [0.15, 0.2) is 0 Å². The number of nitrogens with two attached hydrogens (primary N) is 1. The van der Waals surface area contributed by atoms with Gasteiger partial charge in [0.25, 0.3) is 5.56 Å². The van der Waals surface area contributed by atoms with Crippen LogP contribution in [0.15, 0.2) is 29.1 Å². The quantitative estimate of drug-likeness (QED) is 0.579. The molecule has 1 amide bonds. The molecule has 2 aromatic rings. The van der Waals surface area contributed by atoms with Crippen molar-refractivity contribution in [3.63, 3.8) is 0 Å². The molecule has 0 fully saturated rings. The fourth-order valence-electron chi connectivity index (χ4n) is 1.93. The average Bonchev–Trinajstić information content (AvgIpc) is 2.50. The molecule has 0 spiro atoms. The fraction of sp³-hybridized carbons (Fsp3) is 0.286. The number of carboxylic acid groups (broad SMARTS) is 1. The third-order valence-electron chi connectivity index (χ3n) is 3.10. The molecule has 0 radical (unpaired) electrons. The molecule has 8 heteroatoms. The number of carbonyl (C=O) groups excluding carboxylic acids is 1. The first-order valence-electron chi connectivity index (χ1n) is 6.70. The Bertz CT molecular complexity index is 756. The minimum absolute atomic E-state index is 0.0136. The SMILES string of the molecule is N[C@@H](CCC(=O)O)C(=O)NCc1nc2ccccc2c(=O)[nH]1. The van der Waals surface area contributed by atoms with Crippen LogP contribution in [0.3, 0.4) is 0 Å². The Morgan fingerprint density at radius 1 is 1.36 bits per heavy atom. The number of para-hydroxylation sites is 1. The topological polar surface area (TPSA) is 138 Å². The average molecular weight is 304 g/mol. The number of hydrogen-bond acceptors (Lipinski definition) is 5. The molecule has 2 rings (SSSR count). The third kappa shape index (κ3) is 3.89. The van der Waals surface area contributed by atoms with E-state index in [0.717, 1.165) is 0 Å². The molecular formula is C14H16N4O4. The summed E-state index contributed by atoms with van der Waals surface area (Å²) in [6.07, 6.45) is -0.136. The number of nitrogens with one attached hydrogen (secondary N) is 2. The molecule has 0 aliphatic carbocycles. The van der Waals surface area contributed by atoms with Crippen molar-refractivity contribution in [2.45, 2.75) is 25.4 Å². The molecule has 1 aromatic carbocycles. The summed E-state index contributed by atoms with van der Waals surface area (Å²) < 4.78 is 0. The van der Waals surface area contributed by atoms with E-state index < -0.39 is 17.9 Å². The first kappa shape index (κ1) is 15.6. The van der Waals surface area contributed by atoms with Crippen LogP contribution in [0, 0.1) is 0 Å². The molecule has 0 bridgehead atoms. The first-order valence-corrected chi connectivity index (χ1v) is 6.70. The van der Waals surface area contributed by atoms with Crippen molar-refractivity contribution in [2.75, 3.05) is 0 Å². The molecule has 0 aliphatic heterocycles. The number of amides is 1. The van der Waals surface area contributed by atoms with Gasteiger partial charge in [0.2, 0.25) is 5.91 Å². The van der Waals surface area contributed by atoms with Gasteiger partial charge in [-0.1, -0.05) is 12.1 Å². The number of nitrogens with zero attached hydrogens (tertiary/aromatic N) is 1. The molecule has 0 saturated heterocycles. The molecule has 8 nitrogen and oxygen atoms in total. The second-order valence-corrected chi connectivity index (χ2v) is 4.79. The van der Waals surface area contributed by atoms with E-state index in [-0.39, 0.29) is 24.9 Å².